The second kappa shape index (κ2) is 6.76. The van der Waals surface area contributed by atoms with E-state index in [2.05, 4.69) is 45.4 Å². The molecular weight excluding hydrogens is 324 g/mol. The van der Waals surface area contributed by atoms with E-state index in [1.807, 2.05) is 12.1 Å². The highest BCUT2D eigenvalue weighted by molar-refractivity contribution is 9.10. The van der Waals surface area contributed by atoms with Crippen molar-refractivity contribution in [2.75, 3.05) is 0 Å². The van der Waals surface area contributed by atoms with E-state index in [4.69, 9.17) is 11.6 Å². The van der Waals surface area contributed by atoms with Crippen molar-refractivity contribution < 1.29 is 0 Å². The van der Waals surface area contributed by atoms with Crippen molar-refractivity contribution in [3.63, 3.8) is 0 Å². The van der Waals surface area contributed by atoms with Gasteiger partial charge in [0.15, 0.2) is 0 Å². The molecule has 0 spiro atoms. The molecule has 104 valence electrons. The smallest absolute Gasteiger partial charge is 0.125 e. The van der Waals surface area contributed by atoms with Crippen molar-refractivity contribution in [3.8, 4) is 0 Å². The van der Waals surface area contributed by atoms with Crippen LogP contribution in [-0.4, -0.2) is 9.55 Å². The zero-order chi connectivity index (χ0) is 13.8. The zero-order valence-corrected chi connectivity index (χ0v) is 13.8. The van der Waals surface area contributed by atoms with Crippen LogP contribution < -0.4 is 0 Å². The molecular formula is C15H20BrClN2. The minimum atomic E-state index is 0.444. The SMILES string of the molecule is CCCCCC(C)n1c(CCl)nc2ccc(Br)cc21. The molecule has 0 saturated heterocycles. The van der Waals surface area contributed by atoms with Gasteiger partial charge in [0.1, 0.15) is 5.82 Å². The van der Waals surface area contributed by atoms with Crippen molar-refractivity contribution >= 4 is 38.6 Å². The third-order valence-corrected chi connectivity index (χ3v) is 4.24. The highest BCUT2D eigenvalue weighted by atomic mass is 79.9. The molecule has 0 aliphatic carbocycles. The molecule has 4 heteroatoms. The Hall–Kier alpha value is -0.540. The average Bonchev–Trinajstić information content (AvgIpc) is 2.76. The topological polar surface area (TPSA) is 17.8 Å². The Balaban J connectivity index is 2.35. The highest BCUT2D eigenvalue weighted by Crippen LogP contribution is 2.27. The number of hydrogen-bond acceptors (Lipinski definition) is 1. The van der Waals surface area contributed by atoms with Crippen LogP contribution in [0.2, 0.25) is 0 Å². The molecule has 0 aliphatic heterocycles. The van der Waals surface area contributed by atoms with E-state index in [0.717, 1.165) is 15.8 Å². The number of halogens is 2. The van der Waals surface area contributed by atoms with Crippen LogP contribution in [0.5, 0.6) is 0 Å². The quantitative estimate of drug-likeness (QED) is 0.487. The third-order valence-electron chi connectivity index (χ3n) is 3.51. The molecule has 1 heterocycles. The first kappa shape index (κ1) is 14.9. The van der Waals surface area contributed by atoms with Crippen LogP contribution >= 0.6 is 27.5 Å². The van der Waals surface area contributed by atoms with Gasteiger partial charge in [-0.2, -0.15) is 0 Å². The highest BCUT2D eigenvalue weighted by Gasteiger charge is 2.15. The lowest BCUT2D eigenvalue weighted by Gasteiger charge is -2.17. The largest absolute Gasteiger partial charge is 0.324 e. The van der Waals surface area contributed by atoms with Gasteiger partial charge in [-0.3, -0.25) is 0 Å². The summed E-state index contributed by atoms with van der Waals surface area (Å²) in [5.41, 5.74) is 2.20. The number of hydrogen-bond donors (Lipinski definition) is 0. The van der Waals surface area contributed by atoms with Gasteiger partial charge >= 0.3 is 0 Å². The number of alkyl halides is 1. The summed E-state index contributed by atoms with van der Waals surface area (Å²) in [6.45, 7) is 4.49. The van der Waals surface area contributed by atoms with Crippen molar-refractivity contribution in [3.05, 3.63) is 28.5 Å². The first-order chi connectivity index (χ1) is 9.17. The van der Waals surface area contributed by atoms with Gasteiger partial charge in [-0.25, -0.2) is 4.98 Å². The predicted molar refractivity (Wildman–Crippen MR) is 85.8 cm³/mol. The Morgan fingerprint density at radius 1 is 1.37 bits per heavy atom. The predicted octanol–water partition coefficient (Wildman–Crippen LogP) is 5.68. The molecule has 0 fully saturated rings. The van der Waals surface area contributed by atoms with Gasteiger partial charge in [0.2, 0.25) is 0 Å². The summed E-state index contributed by atoms with van der Waals surface area (Å²) in [7, 11) is 0. The second-order valence-electron chi connectivity index (χ2n) is 5.01. The number of fused-ring (bicyclic) bond motifs is 1. The van der Waals surface area contributed by atoms with Gasteiger partial charge in [-0.15, -0.1) is 11.6 Å². The summed E-state index contributed by atoms with van der Waals surface area (Å²) in [6.07, 6.45) is 4.98. The van der Waals surface area contributed by atoms with Crippen molar-refractivity contribution in [1.82, 2.24) is 9.55 Å². The Bertz CT molecular complexity index is 550. The summed E-state index contributed by atoms with van der Waals surface area (Å²) in [4.78, 5) is 4.63. The number of imidazole rings is 1. The van der Waals surface area contributed by atoms with E-state index in [-0.39, 0.29) is 0 Å². The summed E-state index contributed by atoms with van der Waals surface area (Å²) < 4.78 is 3.38. The lowest BCUT2D eigenvalue weighted by Crippen LogP contribution is -2.08. The molecule has 0 aliphatic rings. The Labute approximate surface area is 128 Å². The number of benzene rings is 1. The van der Waals surface area contributed by atoms with Crippen molar-refractivity contribution in [1.29, 1.82) is 0 Å². The normalized spacial score (nSPS) is 13.1. The molecule has 0 amide bonds. The molecule has 0 bridgehead atoms. The molecule has 1 unspecified atom stereocenters. The molecule has 2 nitrogen and oxygen atoms in total. The minimum absolute atomic E-state index is 0.444. The number of unbranched alkanes of at least 4 members (excludes halogenated alkanes) is 2. The zero-order valence-electron chi connectivity index (χ0n) is 11.5. The Morgan fingerprint density at radius 2 is 2.16 bits per heavy atom. The van der Waals surface area contributed by atoms with Crippen LogP contribution in [0.4, 0.5) is 0 Å². The first-order valence-electron chi connectivity index (χ1n) is 6.89. The summed E-state index contributed by atoms with van der Waals surface area (Å²) in [6, 6.07) is 6.65. The van der Waals surface area contributed by atoms with E-state index in [1.165, 1.54) is 31.2 Å². The molecule has 1 aromatic heterocycles. The molecule has 0 radical (unpaired) electrons. The van der Waals surface area contributed by atoms with Crippen LogP contribution in [0.25, 0.3) is 11.0 Å². The van der Waals surface area contributed by atoms with Crippen LogP contribution in [0.15, 0.2) is 22.7 Å². The maximum atomic E-state index is 6.05. The van der Waals surface area contributed by atoms with Crippen LogP contribution in [0.1, 0.15) is 51.4 Å². The van der Waals surface area contributed by atoms with Gasteiger partial charge in [-0.05, 0) is 31.5 Å². The van der Waals surface area contributed by atoms with E-state index < -0.39 is 0 Å². The maximum Gasteiger partial charge on any atom is 0.125 e. The summed E-state index contributed by atoms with van der Waals surface area (Å²) in [5.74, 6) is 1.43. The average molecular weight is 344 g/mol. The van der Waals surface area contributed by atoms with Gasteiger partial charge in [0.05, 0.1) is 16.9 Å². The third kappa shape index (κ3) is 3.32. The lowest BCUT2D eigenvalue weighted by molar-refractivity contribution is 0.477. The lowest BCUT2D eigenvalue weighted by atomic mass is 10.1. The van der Waals surface area contributed by atoms with Crippen LogP contribution in [0, 0.1) is 0 Å². The Morgan fingerprint density at radius 3 is 2.84 bits per heavy atom. The summed E-state index contributed by atoms with van der Waals surface area (Å²) >= 11 is 9.59. The van der Waals surface area contributed by atoms with E-state index in [1.54, 1.807) is 0 Å². The van der Waals surface area contributed by atoms with E-state index in [9.17, 15) is 0 Å². The monoisotopic (exact) mass is 342 g/mol. The van der Waals surface area contributed by atoms with E-state index in [0.29, 0.717) is 11.9 Å². The first-order valence-corrected chi connectivity index (χ1v) is 8.22. The molecule has 1 atom stereocenters. The second-order valence-corrected chi connectivity index (χ2v) is 6.19. The molecule has 2 rings (SSSR count). The number of nitrogens with zero attached hydrogens (tertiary/aromatic N) is 2. The summed E-state index contributed by atoms with van der Waals surface area (Å²) in [5, 5.41) is 0. The fourth-order valence-electron chi connectivity index (χ4n) is 2.52. The number of aromatic nitrogens is 2. The maximum absolute atomic E-state index is 6.05. The molecule has 0 saturated carbocycles. The number of rotatable bonds is 6. The molecule has 19 heavy (non-hydrogen) atoms. The molecule has 2 aromatic rings. The molecule has 1 aromatic carbocycles. The van der Waals surface area contributed by atoms with E-state index >= 15 is 0 Å². The van der Waals surface area contributed by atoms with Gasteiger partial charge in [0, 0.05) is 10.5 Å². The minimum Gasteiger partial charge on any atom is -0.324 e. The fraction of sp³-hybridized carbons (Fsp3) is 0.533. The van der Waals surface area contributed by atoms with Gasteiger partial charge < -0.3 is 4.57 Å². The van der Waals surface area contributed by atoms with Crippen LogP contribution in [0.3, 0.4) is 0 Å². The standard InChI is InChI=1S/C15H20BrClN2/c1-3-4-5-6-11(2)19-14-9-12(16)7-8-13(14)18-15(19)10-17/h7-9,11H,3-6,10H2,1-2H3. The van der Waals surface area contributed by atoms with Crippen molar-refractivity contribution in [2.45, 2.75) is 51.5 Å². The van der Waals surface area contributed by atoms with Crippen molar-refractivity contribution in [2.24, 2.45) is 0 Å². The fourth-order valence-corrected chi connectivity index (χ4v) is 3.06. The van der Waals surface area contributed by atoms with Gasteiger partial charge in [0.25, 0.3) is 0 Å². The van der Waals surface area contributed by atoms with Crippen LogP contribution in [-0.2, 0) is 5.88 Å². The van der Waals surface area contributed by atoms with Gasteiger partial charge in [-0.1, -0.05) is 42.1 Å². The Kier molecular flexibility index (Phi) is 5.28. The molecule has 0 N–H and O–H groups in total.